The molecular weight excluding hydrogens is 379 g/mol. The minimum absolute atomic E-state index is 0.0640. The zero-order valence-electron chi connectivity index (χ0n) is 15.0. The molecule has 8 heteroatoms. The van der Waals surface area contributed by atoms with E-state index >= 15 is 0 Å². The molecule has 0 radical (unpaired) electrons. The predicted octanol–water partition coefficient (Wildman–Crippen LogP) is 3.47. The van der Waals surface area contributed by atoms with Crippen molar-refractivity contribution in [3.63, 3.8) is 0 Å². The fourth-order valence-corrected chi connectivity index (χ4v) is 3.90. The third-order valence-electron chi connectivity index (χ3n) is 4.55. The second-order valence-electron chi connectivity index (χ2n) is 6.45. The van der Waals surface area contributed by atoms with Crippen molar-refractivity contribution in [2.45, 2.75) is 41.7 Å². The third kappa shape index (κ3) is 4.40. The van der Waals surface area contributed by atoms with Crippen LogP contribution in [-0.2, 0) is 11.3 Å². The summed E-state index contributed by atoms with van der Waals surface area (Å²) in [7, 11) is 0. The SMILES string of the molecule is O=C1CC[C@@H](NCc2ccc(Sc3ncccn3)o2)[C@H](c2ccccc2F)N1. The number of furan rings is 1. The van der Waals surface area contributed by atoms with Gasteiger partial charge in [-0.15, -0.1) is 0 Å². The number of carbonyl (C=O) groups is 1. The third-order valence-corrected chi connectivity index (χ3v) is 5.36. The average molecular weight is 398 g/mol. The Morgan fingerprint density at radius 3 is 2.82 bits per heavy atom. The number of aromatic nitrogens is 2. The quantitative estimate of drug-likeness (QED) is 0.619. The van der Waals surface area contributed by atoms with E-state index in [0.29, 0.717) is 35.2 Å². The molecule has 1 aromatic carbocycles. The van der Waals surface area contributed by atoms with E-state index in [1.807, 2.05) is 12.1 Å². The van der Waals surface area contributed by atoms with Crippen molar-refractivity contribution >= 4 is 17.7 Å². The van der Waals surface area contributed by atoms with Gasteiger partial charge in [0.05, 0.1) is 12.6 Å². The summed E-state index contributed by atoms with van der Waals surface area (Å²) in [5, 5.41) is 7.62. The molecular formula is C20H19FN4O2S. The lowest BCUT2D eigenvalue weighted by Crippen LogP contribution is -2.48. The van der Waals surface area contributed by atoms with Crippen LogP contribution in [0.4, 0.5) is 4.39 Å². The van der Waals surface area contributed by atoms with Crippen LogP contribution in [0.15, 0.2) is 69.5 Å². The largest absolute Gasteiger partial charge is 0.453 e. The summed E-state index contributed by atoms with van der Waals surface area (Å²) >= 11 is 1.35. The summed E-state index contributed by atoms with van der Waals surface area (Å²) in [6, 6.07) is 11.6. The van der Waals surface area contributed by atoms with Gasteiger partial charge in [0.1, 0.15) is 11.6 Å². The van der Waals surface area contributed by atoms with Gasteiger partial charge in [-0.05, 0) is 42.4 Å². The molecule has 0 saturated carbocycles. The summed E-state index contributed by atoms with van der Waals surface area (Å²) in [6.07, 6.45) is 4.40. The number of benzene rings is 1. The molecule has 1 saturated heterocycles. The van der Waals surface area contributed by atoms with Crippen LogP contribution >= 0.6 is 11.8 Å². The van der Waals surface area contributed by atoms with Gasteiger partial charge < -0.3 is 15.1 Å². The van der Waals surface area contributed by atoms with Crippen LogP contribution in [0.2, 0.25) is 0 Å². The molecule has 1 aliphatic rings. The molecule has 0 aliphatic carbocycles. The fourth-order valence-electron chi connectivity index (χ4n) is 3.21. The van der Waals surface area contributed by atoms with Crippen LogP contribution < -0.4 is 10.6 Å². The van der Waals surface area contributed by atoms with Gasteiger partial charge >= 0.3 is 0 Å². The second-order valence-corrected chi connectivity index (χ2v) is 7.42. The zero-order valence-corrected chi connectivity index (χ0v) is 15.8. The molecule has 2 N–H and O–H groups in total. The van der Waals surface area contributed by atoms with Crippen LogP contribution in [0.3, 0.4) is 0 Å². The smallest absolute Gasteiger partial charge is 0.220 e. The van der Waals surface area contributed by atoms with Crippen molar-refractivity contribution in [1.82, 2.24) is 20.6 Å². The average Bonchev–Trinajstić information content (AvgIpc) is 3.15. The summed E-state index contributed by atoms with van der Waals surface area (Å²) in [5.41, 5.74) is 0.491. The minimum atomic E-state index is -0.413. The Morgan fingerprint density at radius 2 is 2.00 bits per heavy atom. The lowest BCUT2D eigenvalue weighted by atomic mass is 9.91. The monoisotopic (exact) mass is 398 g/mol. The number of rotatable bonds is 6. The van der Waals surface area contributed by atoms with Crippen molar-refractivity contribution in [2.24, 2.45) is 0 Å². The number of hydrogen-bond donors (Lipinski definition) is 2. The van der Waals surface area contributed by atoms with Crippen LogP contribution in [-0.4, -0.2) is 21.9 Å². The zero-order chi connectivity index (χ0) is 19.3. The van der Waals surface area contributed by atoms with Gasteiger partial charge in [-0.25, -0.2) is 14.4 Å². The van der Waals surface area contributed by atoms with Crippen molar-refractivity contribution in [2.75, 3.05) is 0 Å². The highest BCUT2D eigenvalue weighted by molar-refractivity contribution is 7.99. The summed E-state index contributed by atoms with van der Waals surface area (Å²) in [5.74, 6) is 0.370. The van der Waals surface area contributed by atoms with Crippen molar-refractivity contribution < 1.29 is 13.6 Å². The number of nitrogens with one attached hydrogen (secondary N) is 2. The summed E-state index contributed by atoms with van der Waals surface area (Å²) in [4.78, 5) is 20.2. The van der Waals surface area contributed by atoms with E-state index in [-0.39, 0.29) is 17.8 Å². The first-order chi connectivity index (χ1) is 13.7. The molecule has 1 aliphatic heterocycles. The highest BCUT2D eigenvalue weighted by atomic mass is 32.2. The maximum Gasteiger partial charge on any atom is 0.220 e. The van der Waals surface area contributed by atoms with Gasteiger partial charge in [-0.1, -0.05) is 18.2 Å². The fraction of sp³-hybridized carbons (Fsp3) is 0.250. The van der Waals surface area contributed by atoms with E-state index in [1.165, 1.54) is 17.8 Å². The Balaban J connectivity index is 1.42. The maximum absolute atomic E-state index is 14.2. The Hall–Kier alpha value is -2.71. The molecule has 3 heterocycles. The molecule has 2 aromatic heterocycles. The number of amides is 1. The number of carbonyl (C=O) groups excluding carboxylic acids is 1. The normalized spacial score (nSPS) is 19.4. The number of hydrogen-bond acceptors (Lipinski definition) is 6. The second kappa shape index (κ2) is 8.53. The van der Waals surface area contributed by atoms with Crippen LogP contribution in [0.5, 0.6) is 0 Å². The predicted molar refractivity (Wildman–Crippen MR) is 102 cm³/mol. The Bertz CT molecular complexity index is 950. The highest BCUT2D eigenvalue weighted by Gasteiger charge is 2.31. The number of piperidine rings is 1. The van der Waals surface area contributed by atoms with Gasteiger partial charge in [0.2, 0.25) is 5.91 Å². The minimum Gasteiger partial charge on any atom is -0.453 e. The van der Waals surface area contributed by atoms with E-state index in [2.05, 4.69) is 20.6 Å². The van der Waals surface area contributed by atoms with E-state index in [1.54, 1.807) is 36.7 Å². The molecule has 6 nitrogen and oxygen atoms in total. The van der Waals surface area contributed by atoms with E-state index < -0.39 is 6.04 Å². The van der Waals surface area contributed by atoms with E-state index in [9.17, 15) is 9.18 Å². The van der Waals surface area contributed by atoms with Crippen molar-refractivity contribution in [3.05, 3.63) is 72.0 Å². The first-order valence-corrected chi connectivity index (χ1v) is 9.81. The van der Waals surface area contributed by atoms with E-state index in [0.717, 1.165) is 5.76 Å². The summed E-state index contributed by atoms with van der Waals surface area (Å²) < 4.78 is 20.1. The van der Waals surface area contributed by atoms with Gasteiger partial charge in [-0.3, -0.25) is 4.79 Å². The van der Waals surface area contributed by atoms with Gasteiger partial charge in [0.15, 0.2) is 10.2 Å². The summed E-state index contributed by atoms with van der Waals surface area (Å²) in [6.45, 7) is 0.474. The molecule has 4 rings (SSSR count). The molecule has 2 atom stereocenters. The lowest BCUT2D eigenvalue weighted by molar-refractivity contribution is -0.123. The molecule has 3 aromatic rings. The molecule has 1 amide bonds. The van der Waals surface area contributed by atoms with Gasteiger partial charge in [0.25, 0.3) is 0 Å². The van der Waals surface area contributed by atoms with Crippen LogP contribution in [0.1, 0.15) is 30.2 Å². The highest BCUT2D eigenvalue weighted by Crippen LogP contribution is 2.28. The molecule has 28 heavy (non-hydrogen) atoms. The first kappa shape index (κ1) is 18.6. The Labute approximate surface area is 166 Å². The van der Waals surface area contributed by atoms with Gasteiger partial charge in [-0.2, -0.15) is 0 Å². The Kier molecular flexibility index (Phi) is 5.68. The molecule has 0 spiro atoms. The number of halogens is 1. The molecule has 1 fully saturated rings. The van der Waals surface area contributed by atoms with E-state index in [4.69, 9.17) is 4.42 Å². The van der Waals surface area contributed by atoms with Crippen molar-refractivity contribution in [3.8, 4) is 0 Å². The van der Waals surface area contributed by atoms with Crippen LogP contribution in [0.25, 0.3) is 0 Å². The topological polar surface area (TPSA) is 80.1 Å². The molecule has 0 unspecified atom stereocenters. The molecule has 0 bridgehead atoms. The van der Waals surface area contributed by atoms with Crippen LogP contribution in [0, 0.1) is 5.82 Å². The lowest BCUT2D eigenvalue weighted by Gasteiger charge is -2.33. The van der Waals surface area contributed by atoms with Gasteiger partial charge in [0, 0.05) is 30.4 Å². The first-order valence-electron chi connectivity index (χ1n) is 9.00. The van der Waals surface area contributed by atoms with Crippen molar-refractivity contribution in [1.29, 1.82) is 0 Å². The molecule has 144 valence electrons. The Morgan fingerprint density at radius 1 is 1.18 bits per heavy atom. The number of nitrogens with zero attached hydrogens (tertiary/aromatic N) is 2. The maximum atomic E-state index is 14.2. The standard InChI is InChI=1S/C20H19FN4O2S/c21-15-5-2-1-4-14(15)19-16(7-8-17(26)25-19)24-12-13-6-9-18(27-13)28-20-22-10-3-11-23-20/h1-6,9-11,16,19,24H,7-8,12H2,(H,25,26)/t16-,19+/m1/s1.